The molecule has 2 aliphatic heterocycles. The normalized spacial score (nSPS) is 33.1. The Balaban J connectivity index is 1.36. The summed E-state index contributed by atoms with van der Waals surface area (Å²) in [5, 5.41) is 13.9. The molecule has 2 fully saturated rings. The minimum absolute atomic E-state index is 0.0235. The lowest BCUT2D eigenvalue weighted by atomic mass is 9.77. The third kappa shape index (κ3) is 4.68. The molecule has 31 heavy (non-hydrogen) atoms. The first-order valence-electron chi connectivity index (χ1n) is 11.2. The number of alkyl halides is 3. The summed E-state index contributed by atoms with van der Waals surface area (Å²) in [6.07, 6.45) is 5.89. The molecule has 0 aromatic carbocycles. The minimum Gasteiger partial charge on any atom is -0.378 e. The predicted octanol–water partition coefficient (Wildman–Crippen LogP) is 3.41. The fourth-order valence-electron chi connectivity index (χ4n) is 5.29. The van der Waals surface area contributed by atoms with Crippen molar-refractivity contribution in [2.75, 3.05) is 6.54 Å². The van der Waals surface area contributed by atoms with Crippen LogP contribution in [0.5, 0.6) is 0 Å². The Labute approximate surface area is 180 Å². The van der Waals surface area contributed by atoms with Crippen molar-refractivity contribution < 1.29 is 23.3 Å². The van der Waals surface area contributed by atoms with Gasteiger partial charge in [-0.2, -0.15) is 18.2 Å². The Bertz CT molecular complexity index is 874. The number of carbonyl (C=O) groups is 1. The first-order valence-corrected chi connectivity index (χ1v) is 11.2. The van der Waals surface area contributed by atoms with E-state index in [0.717, 1.165) is 44.5 Å². The van der Waals surface area contributed by atoms with Gasteiger partial charge >= 0.3 is 6.18 Å². The van der Waals surface area contributed by atoms with Crippen molar-refractivity contribution in [1.82, 2.24) is 5.32 Å². The van der Waals surface area contributed by atoms with Gasteiger partial charge in [0.25, 0.3) is 0 Å². The molecule has 4 rings (SSSR count). The van der Waals surface area contributed by atoms with E-state index in [2.05, 4.69) is 10.3 Å². The summed E-state index contributed by atoms with van der Waals surface area (Å²) in [6.45, 7) is 2.52. The summed E-state index contributed by atoms with van der Waals surface area (Å²) in [7, 11) is 0. The number of rotatable bonds is 2. The second-order valence-electron chi connectivity index (χ2n) is 9.11. The zero-order valence-corrected chi connectivity index (χ0v) is 17.8. The molecule has 4 unspecified atom stereocenters. The van der Waals surface area contributed by atoms with E-state index in [1.165, 1.54) is 12.2 Å². The molecule has 0 bridgehead atoms. The fraction of sp³-hybridized carbons (Fsp3) is 0.609. The number of amidine groups is 2. The maximum Gasteiger partial charge on any atom is 0.416 e. The van der Waals surface area contributed by atoms with Crippen LogP contribution in [0, 0.1) is 23.2 Å². The number of nitrogens with two attached hydrogens (primary N) is 1. The largest absolute Gasteiger partial charge is 0.416 e. The Morgan fingerprint density at radius 1 is 1.26 bits per heavy atom. The van der Waals surface area contributed by atoms with Crippen LogP contribution in [0.25, 0.3) is 0 Å². The van der Waals surface area contributed by atoms with Crippen LogP contribution in [-0.2, 0) is 4.79 Å². The number of hydrogen-bond acceptors (Lipinski definition) is 3. The van der Waals surface area contributed by atoms with Crippen molar-refractivity contribution in [1.29, 1.82) is 5.41 Å². The molecule has 0 amide bonds. The number of Topliss-reactive ketones (excluding diaryl/α,β-unsaturated/α-hetero) is 1. The Morgan fingerprint density at radius 3 is 2.68 bits per heavy atom. The quantitative estimate of drug-likeness (QED) is 0.459. The molecule has 2 aliphatic carbocycles. The molecule has 8 heteroatoms. The third-order valence-electron chi connectivity index (χ3n) is 7.16. The molecular formula is C23H30F3N4O+. The van der Waals surface area contributed by atoms with E-state index in [1.807, 2.05) is 5.32 Å². The Kier molecular flexibility index (Phi) is 6.19. The van der Waals surface area contributed by atoms with Crippen molar-refractivity contribution in [2.45, 2.75) is 64.1 Å². The van der Waals surface area contributed by atoms with Crippen molar-refractivity contribution >= 4 is 17.5 Å². The molecule has 4 atom stereocenters. The summed E-state index contributed by atoms with van der Waals surface area (Å²) >= 11 is 0. The number of nitrogens with zero attached hydrogens (tertiary/aromatic N) is 1. The van der Waals surface area contributed by atoms with Crippen LogP contribution in [-0.4, -0.2) is 36.2 Å². The highest BCUT2D eigenvalue weighted by molar-refractivity contribution is 6.10. The first kappa shape index (κ1) is 22.0. The number of allylic oxidation sites excluding steroid dienone is 5. The topological polar surface area (TPSA) is 81.9 Å². The first-order chi connectivity index (χ1) is 14.7. The van der Waals surface area contributed by atoms with Gasteiger partial charge in [-0.05, 0) is 38.5 Å². The molecule has 1 saturated heterocycles. The van der Waals surface area contributed by atoms with Crippen molar-refractivity contribution in [3.63, 3.8) is 0 Å². The molecule has 0 spiro atoms. The van der Waals surface area contributed by atoms with Crippen LogP contribution < -0.4 is 10.6 Å². The molecule has 0 aromatic rings. The second-order valence-corrected chi connectivity index (χ2v) is 9.11. The summed E-state index contributed by atoms with van der Waals surface area (Å²) in [5.74, 6) is 1.49. The summed E-state index contributed by atoms with van der Waals surface area (Å²) in [4.78, 5) is 17.2. The highest BCUT2D eigenvalue weighted by atomic mass is 19.4. The zero-order chi connectivity index (χ0) is 22.2. The monoisotopic (exact) mass is 435 g/mol. The van der Waals surface area contributed by atoms with Crippen LogP contribution >= 0.6 is 0 Å². The van der Waals surface area contributed by atoms with Gasteiger partial charge in [-0.15, -0.1) is 0 Å². The van der Waals surface area contributed by atoms with Crippen LogP contribution in [0.3, 0.4) is 0 Å². The molecule has 2 heterocycles. The van der Waals surface area contributed by atoms with Crippen LogP contribution in [0.4, 0.5) is 13.2 Å². The number of nitrogens with one attached hydrogen (secondary N) is 2. The number of hydrogen-bond donors (Lipinski definition) is 3. The lowest BCUT2D eigenvalue weighted by molar-refractivity contribution is -0.557. The maximum absolute atomic E-state index is 12.8. The molecule has 4 aliphatic rings. The number of aliphatic imine (C=N–C) groups is 1. The van der Waals surface area contributed by atoms with Gasteiger partial charge in [-0.3, -0.25) is 10.2 Å². The molecule has 0 radical (unpaired) electrons. The summed E-state index contributed by atoms with van der Waals surface area (Å²) < 4.78 is 38.4. The van der Waals surface area contributed by atoms with Gasteiger partial charge in [0.1, 0.15) is 0 Å². The number of quaternary nitrogens is 1. The van der Waals surface area contributed by atoms with E-state index in [0.29, 0.717) is 24.1 Å². The third-order valence-corrected chi connectivity index (χ3v) is 7.16. The lowest BCUT2D eigenvalue weighted by Gasteiger charge is -2.37. The number of piperidine rings is 1. The van der Waals surface area contributed by atoms with E-state index >= 15 is 0 Å². The number of halogens is 3. The predicted molar refractivity (Wildman–Crippen MR) is 113 cm³/mol. The molecule has 1 saturated carbocycles. The fourth-order valence-corrected chi connectivity index (χ4v) is 5.29. The number of ketones is 1. The van der Waals surface area contributed by atoms with Crippen molar-refractivity contribution in [3.05, 3.63) is 35.1 Å². The second kappa shape index (κ2) is 8.73. The van der Waals surface area contributed by atoms with Crippen LogP contribution in [0.2, 0.25) is 0 Å². The van der Waals surface area contributed by atoms with Gasteiger partial charge in [-0.1, -0.05) is 31.1 Å². The molecule has 4 N–H and O–H groups in total. The highest BCUT2D eigenvalue weighted by Crippen LogP contribution is 2.34. The minimum atomic E-state index is -4.28. The Hall–Kier alpha value is -2.22. The SMILES string of the molecule is CC1=C(C(=N)N=C2CCC(C3C=CC(C(F)(F)F)=CC3)C[NH2+]2)NC2CCCCC2C1=O. The van der Waals surface area contributed by atoms with Gasteiger partial charge in [0.05, 0.1) is 17.8 Å². The summed E-state index contributed by atoms with van der Waals surface area (Å²) in [5.41, 5.74) is 0.597. The van der Waals surface area contributed by atoms with Gasteiger partial charge in [0, 0.05) is 29.9 Å². The van der Waals surface area contributed by atoms with E-state index in [4.69, 9.17) is 5.41 Å². The Morgan fingerprint density at radius 2 is 2.03 bits per heavy atom. The average molecular weight is 436 g/mol. The summed E-state index contributed by atoms with van der Waals surface area (Å²) in [6, 6.07) is 0.105. The van der Waals surface area contributed by atoms with Crippen molar-refractivity contribution in [2.24, 2.45) is 22.7 Å². The molecule has 5 nitrogen and oxygen atoms in total. The maximum atomic E-state index is 12.8. The average Bonchev–Trinajstić information content (AvgIpc) is 2.76. The highest BCUT2D eigenvalue weighted by Gasteiger charge is 2.38. The van der Waals surface area contributed by atoms with E-state index in [9.17, 15) is 18.0 Å². The molecule has 0 aromatic heterocycles. The zero-order valence-electron chi connectivity index (χ0n) is 17.8. The van der Waals surface area contributed by atoms with E-state index in [1.54, 1.807) is 13.0 Å². The van der Waals surface area contributed by atoms with Crippen molar-refractivity contribution in [3.8, 4) is 0 Å². The van der Waals surface area contributed by atoms with Gasteiger partial charge in [0.2, 0.25) is 5.84 Å². The van der Waals surface area contributed by atoms with E-state index in [-0.39, 0.29) is 35.4 Å². The lowest BCUT2D eigenvalue weighted by Crippen LogP contribution is -2.91. The molecule has 168 valence electrons. The van der Waals surface area contributed by atoms with Gasteiger partial charge in [0.15, 0.2) is 11.6 Å². The standard InChI is InChI=1S/C23H29F3N4O/c1-13-20(29-18-5-3-2-4-17(18)21(13)31)22(27)30-19-11-8-15(12-28-19)14-6-9-16(10-7-14)23(24,25)26/h6,9-10,14-15,17-18,29H,2-5,7-8,11-12H2,1H3,(H2,27,28,30)/p+1. The van der Waals surface area contributed by atoms with Gasteiger partial charge < -0.3 is 10.6 Å². The van der Waals surface area contributed by atoms with Crippen LogP contribution in [0.1, 0.15) is 51.9 Å². The number of fused-ring (bicyclic) bond motifs is 1. The number of carbonyl (C=O) groups excluding carboxylic acids is 1. The van der Waals surface area contributed by atoms with E-state index < -0.39 is 11.7 Å². The molecular weight excluding hydrogens is 405 g/mol. The van der Waals surface area contributed by atoms with Gasteiger partial charge in [-0.25, -0.2) is 0 Å². The van der Waals surface area contributed by atoms with Crippen LogP contribution in [0.15, 0.2) is 40.1 Å². The smallest absolute Gasteiger partial charge is 0.378 e.